The molecule has 0 aromatic heterocycles. The zero-order valence-electron chi connectivity index (χ0n) is 11.0. The van der Waals surface area contributed by atoms with E-state index in [0.29, 0.717) is 13.2 Å². The molecule has 0 aliphatic heterocycles. The third kappa shape index (κ3) is 8.72. The molecule has 0 bridgehead atoms. The normalized spacial score (nSPS) is 12.4. The van der Waals surface area contributed by atoms with Crippen LogP contribution in [0.3, 0.4) is 0 Å². The zero-order chi connectivity index (χ0) is 12.2. The molecule has 0 radical (unpaired) electrons. The highest BCUT2D eigenvalue weighted by atomic mass is 16.5. The van der Waals surface area contributed by atoms with E-state index in [4.69, 9.17) is 9.47 Å². The second-order valence-corrected chi connectivity index (χ2v) is 4.26. The molecule has 1 atom stereocenters. The van der Waals surface area contributed by atoms with Gasteiger partial charge in [0.05, 0.1) is 12.5 Å². The van der Waals surface area contributed by atoms with Crippen LogP contribution in [0.25, 0.3) is 0 Å². The molecule has 0 aromatic rings. The Labute approximate surface area is 99.5 Å². The van der Waals surface area contributed by atoms with Gasteiger partial charge in [-0.1, -0.05) is 39.5 Å². The van der Waals surface area contributed by atoms with E-state index >= 15 is 0 Å². The molecule has 0 spiro atoms. The number of methoxy groups -OCH3 is 1. The molecule has 0 aliphatic rings. The molecule has 3 nitrogen and oxygen atoms in total. The number of hydrogen-bond acceptors (Lipinski definition) is 3. The molecule has 0 saturated heterocycles. The average molecular weight is 230 g/mol. The zero-order valence-corrected chi connectivity index (χ0v) is 11.0. The highest BCUT2D eigenvalue weighted by Crippen LogP contribution is 2.11. The Morgan fingerprint density at radius 3 is 2.50 bits per heavy atom. The summed E-state index contributed by atoms with van der Waals surface area (Å²) in [7, 11) is 1.65. The maximum Gasteiger partial charge on any atom is 0.308 e. The minimum absolute atomic E-state index is 0.0411. The third-order valence-electron chi connectivity index (χ3n) is 2.63. The Balaban J connectivity index is 3.42. The first-order valence-electron chi connectivity index (χ1n) is 6.38. The smallest absolute Gasteiger partial charge is 0.308 e. The Kier molecular flexibility index (Phi) is 10.5. The fourth-order valence-corrected chi connectivity index (χ4v) is 1.51. The van der Waals surface area contributed by atoms with E-state index in [0.717, 1.165) is 19.3 Å². The predicted octanol–water partition coefficient (Wildman–Crippen LogP) is 3.17. The van der Waals surface area contributed by atoms with Crippen molar-refractivity contribution in [2.75, 3.05) is 20.3 Å². The summed E-state index contributed by atoms with van der Waals surface area (Å²) in [5.41, 5.74) is 0. The third-order valence-corrected chi connectivity index (χ3v) is 2.63. The molecule has 3 heteroatoms. The van der Waals surface area contributed by atoms with E-state index in [1.807, 2.05) is 6.92 Å². The molecule has 96 valence electrons. The van der Waals surface area contributed by atoms with E-state index in [-0.39, 0.29) is 11.9 Å². The lowest BCUT2D eigenvalue weighted by molar-refractivity contribution is -0.148. The molecule has 0 aromatic carbocycles. The Morgan fingerprint density at radius 1 is 1.12 bits per heavy atom. The lowest BCUT2D eigenvalue weighted by Gasteiger charge is -2.10. The minimum Gasteiger partial charge on any atom is -0.465 e. The van der Waals surface area contributed by atoms with Crippen LogP contribution in [0.1, 0.15) is 52.4 Å². The summed E-state index contributed by atoms with van der Waals surface area (Å²) in [6.45, 7) is 5.27. The van der Waals surface area contributed by atoms with Crippen molar-refractivity contribution >= 4 is 5.97 Å². The van der Waals surface area contributed by atoms with E-state index in [2.05, 4.69) is 6.92 Å². The molecular formula is C13H26O3. The van der Waals surface area contributed by atoms with E-state index in [9.17, 15) is 4.79 Å². The Bertz CT molecular complexity index is 169. The first-order valence-corrected chi connectivity index (χ1v) is 6.38. The summed E-state index contributed by atoms with van der Waals surface area (Å²) in [4.78, 5) is 11.5. The summed E-state index contributed by atoms with van der Waals surface area (Å²) < 4.78 is 10.0. The van der Waals surface area contributed by atoms with Gasteiger partial charge in [0.2, 0.25) is 0 Å². The van der Waals surface area contributed by atoms with Crippen LogP contribution in [0.5, 0.6) is 0 Å². The Hall–Kier alpha value is -0.570. The molecule has 16 heavy (non-hydrogen) atoms. The maximum absolute atomic E-state index is 11.5. The monoisotopic (exact) mass is 230 g/mol. The second-order valence-electron chi connectivity index (χ2n) is 4.26. The van der Waals surface area contributed by atoms with Gasteiger partial charge in [0.25, 0.3) is 0 Å². The van der Waals surface area contributed by atoms with Crippen molar-refractivity contribution in [3.05, 3.63) is 0 Å². The summed E-state index contributed by atoms with van der Waals surface area (Å²) >= 11 is 0. The van der Waals surface area contributed by atoms with Crippen LogP contribution in [-0.2, 0) is 14.3 Å². The van der Waals surface area contributed by atoms with Crippen molar-refractivity contribution in [2.24, 2.45) is 5.92 Å². The van der Waals surface area contributed by atoms with Crippen molar-refractivity contribution in [3.8, 4) is 0 Å². The maximum atomic E-state index is 11.5. The lowest BCUT2D eigenvalue weighted by Crippen LogP contribution is -2.16. The van der Waals surface area contributed by atoms with Gasteiger partial charge in [0.1, 0.15) is 0 Å². The minimum atomic E-state index is -0.0624. The van der Waals surface area contributed by atoms with Crippen molar-refractivity contribution in [3.63, 3.8) is 0 Å². The van der Waals surface area contributed by atoms with Crippen LogP contribution in [-0.4, -0.2) is 26.3 Å². The van der Waals surface area contributed by atoms with Crippen molar-refractivity contribution in [1.82, 2.24) is 0 Å². The highest BCUT2D eigenvalue weighted by molar-refractivity contribution is 5.71. The summed E-state index contributed by atoms with van der Waals surface area (Å²) in [5.74, 6) is -0.0213. The van der Waals surface area contributed by atoms with Gasteiger partial charge in [-0.25, -0.2) is 0 Å². The lowest BCUT2D eigenvalue weighted by atomic mass is 10.0. The molecular weight excluding hydrogens is 204 g/mol. The average Bonchev–Trinajstić information content (AvgIpc) is 2.29. The first kappa shape index (κ1) is 15.4. The van der Waals surface area contributed by atoms with E-state index in [1.54, 1.807) is 7.11 Å². The van der Waals surface area contributed by atoms with Crippen molar-refractivity contribution < 1.29 is 14.3 Å². The number of hydrogen-bond donors (Lipinski definition) is 0. The Morgan fingerprint density at radius 2 is 1.88 bits per heavy atom. The van der Waals surface area contributed by atoms with Gasteiger partial charge in [0, 0.05) is 20.1 Å². The SMILES string of the molecule is CCCCCCC(C)C(=O)OCCCOC. The molecule has 1 unspecified atom stereocenters. The number of esters is 1. The van der Waals surface area contributed by atoms with Crippen molar-refractivity contribution in [1.29, 1.82) is 0 Å². The van der Waals surface area contributed by atoms with Gasteiger partial charge >= 0.3 is 5.97 Å². The molecule has 0 amide bonds. The molecule has 0 fully saturated rings. The van der Waals surface area contributed by atoms with Gasteiger partial charge in [-0.3, -0.25) is 4.79 Å². The fourth-order valence-electron chi connectivity index (χ4n) is 1.51. The molecule has 0 heterocycles. The fraction of sp³-hybridized carbons (Fsp3) is 0.923. The van der Waals surface area contributed by atoms with E-state index in [1.165, 1.54) is 19.3 Å². The largest absolute Gasteiger partial charge is 0.465 e. The molecule has 0 saturated carbocycles. The van der Waals surface area contributed by atoms with Gasteiger partial charge in [0.15, 0.2) is 0 Å². The molecule has 0 aliphatic carbocycles. The second kappa shape index (κ2) is 10.9. The summed E-state index contributed by atoms with van der Waals surface area (Å²) in [5, 5.41) is 0. The van der Waals surface area contributed by atoms with Crippen molar-refractivity contribution in [2.45, 2.75) is 52.4 Å². The van der Waals surface area contributed by atoms with Crippen LogP contribution in [0, 0.1) is 5.92 Å². The molecule has 0 rings (SSSR count). The van der Waals surface area contributed by atoms with Gasteiger partial charge in [-0.15, -0.1) is 0 Å². The van der Waals surface area contributed by atoms with Gasteiger partial charge in [-0.2, -0.15) is 0 Å². The number of ether oxygens (including phenoxy) is 2. The molecule has 0 N–H and O–H groups in total. The van der Waals surface area contributed by atoms with Crippen LogP contribution in [0.2, 0.25) is 0 Å². The van der Waals surface area contributed by atoms with E-state index < -0.39 is 0 Å². The standard InChI is InChI=1S/C13H26O3/c1-4-5-6-7-9-12(2)13(14)16-11-8-10-15-3/h12H,4-11H2,1-3H3. The quantitative estimate of drug-likeness (QED) is 0.427. The summed E-state index contributed by atoms with van der Waals surface area (Å²) in [6.07, 6.45) is 6.57. The van der Waals surface area contributed by atoms with Crippen LogP contribution in [0.15, 0.2) is 0 Å². The van der Waals surface area contributed by atoms with Crippen LogP contribution in [0.4, 0.5) is 0 Å². The number of rotatable bonds is 10. The number of carbonyl (C=O) groups excluding carboxylic acids is 1. The first-order chi connectivity index (χ1) is 7.72. The van der Waals surface area contributed by atoms with Crippen LogP contribution < -0.4 is 0 Å². The van der Waals surface area contributed by atoms with Crippen LogP contribution >= 0.6 is 0 Å². The van der Waals surface area contributed by atoms with Gasteiger partial charge < -0.3 is 9.47 Å². The van der Waals surface area contributed by atoms with Gasteiger partial charge in [-0.05, 0) is 6.42 Å². The predicted molar refractivity (Wildman–Crippen MR) is 65.4 cm³/mol. The topological polar surface area (TPSA) is 35.5 Å². The number of carbonyl (C=O) groups is 1. The number of unbranched alkanes of at least 4 members (excludes halogenated alkanes) is 3. The summed E-state index contributed by atoms with van der Waals surface area (Å²) in [6, 6.07) is 0. The highest BCUT2D eigenvalue weighted by Gasteiger charge is 2.13.